The predicted octanol–water partition coefficient (Wildman–Crippen LogP) is 2.93. The molecule has 0 N–H and O–H groups in total. The lowest BCUT2D eigenvalue weighted by Gasteiger charge is -2.25. The van der Waals surface area contributed by atoms with Crippen molar-refractivity contribution in [3.63, 3.8) is 0 Å². The van der Waals surface area contributed by atoms with Crippen molar-refractivity contribution in [3.8, 4) is 5.69 Å². The van der Waals surface area contributed by atoms with E-state index in [1.165, 1.54) is 17.6 Å². The van der Waals surface area contributed by atoms with Crippen LogP contribution in [0.5, 0.6) is 0 Å². The molecule has 2 heterocycles. The smallest absolute Gasteiger partial charge is 0.336 e. The van der Waals surface area contributed by atoms with E-state index in [4.69, 9.17) is 0 Å². The summed E-state index contributed by atoms with van der Waals surface area (Å²) >= 11 is 0. The summed E-state index contributed by atoms with van der Waals surface area (Å²) in [5, 5.41) is 0.350. The average molecular weight is 419 g/mol. The number of fused-ring (bicyclic) bond motifs is 1. The Kier molecular flexibility index (Phi) is 5.59. The monoisotopic (exact) mass is 419 g/mol. The van der Waals surface area contributed by atoms with Gasteiger partial charge in [-0.1, -0.05) is 31.2 Å². The van der Waals surface area contributed by atoms with E-state index >= 15 is 0 Å². The highest BCUT2D eigenvalue weighted by Gasteiger charge is 2.30. The van der Waals surface area contributed by atoms with Crippen molar-refractivity contribution in [1.82, 2.24) is 14.0 Å². The molecule has 160 valence electrons. The van der Waals surface area contributed by atoms with Gasteiger partial charge in [0.25, 0.3) is 5.56 Å². The number of carbonyl (C=O) groups excluding carboxylic acids is 2. The summed E-state index contributed by atoms with van der Waals surface area (Å²) in [7, 11) is 0. The lowest BCUT2D eigenvalue weighted by molar-refractivity contribution is -0.133. The normalized spacial score (nSPS) is 14.7. The molecule has 31 heavy (non-hydrogen) atoms. The van der Waals surface area contributed by atoms with Gasteiger partial charge in [0.2, 0.25) is 5.91 Å². The zero-order valence-corrected chi connectivity index (χ0v) is 17.7. The second-order valence-corrected chi connectivity index (χ2v) is 7.87. The molecule has 0 spiro atoms. The van der Waals surface area contributed by atoms with Gasteiger partial charge in [0, 0.05) is 18.7 Å². The topological polar surface area (TPSA) is 81.4 Å². The van der Waals surface area contributed by atoms with E-state index < -0.39 is 17.3 Å². The number of Topliss-reactive ketones (excluding diaryl/α,β-unsaturated/α-hetero) is 1. The molecule has 0 radical (unpaired) electrons. The first-order valence-corrected chi connectivity index (χ1v) is 10.6. The quantitative estimate of drug-likeness (QED) is 0.596. The number of aromatic nitrogens is 2. The van der Waals surface area contributed by atoms with Crippen LogP contribution in [0, 0.1) is 0 Å². The van der Waals surface area contributed by atoms with Gasteiger partial charge in [-0.25, -0.2) is 9.36 Å². The highest BCUT2D eigenvalue weighted by Crippen LogP contribution is 2.22. The van der Waals surface area contributed by atoms with Gasteiger partial charge in [0.15, 0.2) is 5.78 Å². The van der Waals surface area contributed by atoms with Gasteiger partial charge in [-0.3, -0.25) is 19.0 Å². The molecule has 1 atom stereocenters. The van der Waals surface area contributed by atoms with Gasteiger partial charge in [0.1, 0.15) is 6.04 Å². The fourth-order valence-corrected chi connectivity index (χ4v) is 4.29. The molecule has 3 aromatic rings. The number of ketones is 1. The molecular weight excluding hydrogens is 394 g/mol. The van der Waals surface area contributed by atoms with Crippen LogP contribution in [-0.2, 0) is 4.79 Å². The minimum Gasteiger partial charge on any atom is -0.341 e. The number of benzene rings is 2. The molecule has 7 nitrogen and oxygen atoms in total. The van der Waals surface area contributed by atoms with Gasteiger partial charge in [-0.15, -0.1) is 0 Å². The van der Waals surface area contributed by atoms with E-state index in [0.29, 0.717) is 41.7 Å². The highest BCUT2D eigenvalue weighted by molar-refractivity contribution is 5.94. The van der Waals surface area contributed by atoms with E-state index in [1.54, 1.807) is 47.4 Å². The Bertz CT molecular complexity index is 1280. The first-order chi connectivity index (χ1) is 14.9. The first-order valence-electron chi connectivity index (χ1n) is 10.6. The summed E-state index contributed by atoms with van der Waals surface area (Å²) in [6, 6.07) is 12.6. The van der Waals surface area contributed by atoms with Crippen LogP contribution in [0.3, 0.4) is 0 Å². The van der Waals surface area contributed by atoms with Crippen molar-refractivity contribution in [1.29, 1.82) is 0 Å². The molecule has 0 aliphatic carbocycles. The summed E-state index contributed by atoms with van der Waals surface area (Å²) in [5.74, 6) is -0.262. The predicted molar refractivity (Wildman–Crippen MR) is 119 cm³/mol. The number of nitrogens with zero attached hydrogens (tertiary/aromatic N) is 3. The van der Waals surface area contributed by atoms with Gasteiger partial charge in [0.05, 0.1) is 16.6 Å². The maximum Gasteiger partial charge on any atom is 0.336 e. The Balaban J connectivity index is 2.01. The minimum absolute atomic E-state index is 0.102. The van der Waals surface area contributed by atoms with Crippen molar-refractivity contribution in [3.05, 3.63) is 74.9 Å². The molecule has 0 bridgehead atoms. The number of hydrogen-bond donors (Lipinski definition) is 0. The van der Waals surface area contributed by atoms with E-state index in [-0.39, 0.29) is 11.7 Å². The Morgan fingerprint density at radius 2 is 1.71 bits per heavy atom. The Morgan fingerprint density at radius 3 is 2.39 bits per heavy atom. The third-order valence-electron chi connectivity index (χ3n) is 5.91. The van der Waals surface area contributed by atoms with Crippen LogP contribution >= 0.6 is 0 Å². The number of likely N-dealkylation sites (tertiary alicyclic amines) is 1. The van der Waals surface area contributed by atoms with Crippen molar-refractivity contribution in [2.24, 2.45) is 0 Å². The molecule has 7 heteroatoms. The molecule has 4 rings (SSSR count). The Morgan fingerprint density at radius 1 is 1.00 bits per heavy atom. The summed E-state index contributed by atoms with van der Waals surface area (Å²) in [6.45, 7) is 4.67. The fraction of sp³-hybridized carbons (Fsp3) is 0.333. The van der Waals surface area contributed by atoms with Crippen LogP contribution in [0.1, 0.15) is 49.5 Å². The van der Waals surface area contributed by atoms with Crippen LogP contribution in [0.2, 0.25) is 0 Å². The van der Waals surface area contributed by atoms with Crippen molar-refractivity contribution in [2.45, 2.75) is 39.2 Å². The van der Waals surface area contributed by atoms with Crippen LogP contribution in [0.4, 0.5) is 0 Å². The molecule has 1 aliphatic rings. The van der Waals surface area contributed by atoms with E-state index in [0.717, 1.165) is 17.4 Å². The molecule has 2 aromatic carbocycles. The zero-order valence-electron chi connectivity index (χ0n) is 17.7. The molecule has 0 saturated carbocycles. The Hall–Kier alpha value is -3.48. The van der Waals surface area contributed by atoms with Gasteiger partial charge < -0.3 is 4.90 Å². The van der Waals surface area contributed by atoms with Crippen LogP contribution in [0.15, 0.2) is 58.1 Å². The van der Waals surface area contributed by atoms with Gasteiger partial charge >= 0.3 is 5.69 Å². The summed E-state index contributed by atoms with van der Waals surface area (Å²) < 4.78 is 2.51. The third-order valence-corrected chi connectivity index (χ3v) is 5.91. The largest absolute Gasteiger partial charge is 0.341 e. The van der Waals surface area contributed by atoms with Crippen LogP contribution < -0.4 is 11.2 Å². The number of amides is 1. The first kappa shape index (κ1) is 20.8. The molecule has 1 aromatic heterocycles. The van der Waals surface area contributed by atoms with Gasteiger partial charge in [-0.05, 0) is 50.5 Å². The van der Waals surface area contributed by atoms with Crippen molar-refractivity contribution >= 4 is 22.6 Å². The van der Waals surface area contributed by atoms with Crippen molar-refractivity contribution < 1.29 is 9.59 Å². The van der Waals surface area contributed by atoms with E-state index in [1.807, 2.05) is 6.92 Å². The van der Waals surface area contributed by atoms with Crippen molar-refractivity contribution in [2.75, 3.05) is 13.1 Å². The molecule has 1 amide bonds. The number of rotatable bonds is 5. The Labute approximate surface area is 179 Å². The standard InChI is InChI=1S/C24H25N3O4/c1-3-20(23(30)25-13-6-7-14-25)27-21-12-5-4-11-19(21)22(29)26(24(27)31)18-10-8-9-17(15-18)16(2)28/h4-5,8-12,15,20H,3,6-7,13-14H2,1-2H3. The highest BCUT2D eigenvalue weighted by atomic mass is 16.2. The number of para-hydroxylation sites is 1. The molecule has 1 aliphatic heterocycles. The van der Waals surface area contributed by atoms with Gasteiger partial charge in [-0.2, -0.15) is 0 Å². The maximum absolute atomic E-state index is 13.7. The molecular formula is C24H25N3O4. The summed E-state index contributed by atoms with van der Waals surface area (Å²) in [6.07, 6.45) is 2.33. The molecule has 1 saturated heterocycles. The second kappa shape index (κ2) is 8.34. The van der Waals surface area contributed by atoms with E-state index in [9.17, 15) is 19.2 Å². The molecule has 1 fully saturated rings. The molecule has 1 unspecified atom stereocenters. The zero-order chi connectivity index (χ0) is 22.1. The average Bonchev–Trinajstić information content (AvgIpc) is 3.31. The van der Waals surface area contributed by atoms with E-state index in [2.05, 4.69) is 0 Å². The van der Waals surface area contributed by atoms with Crippen LogP contribution in [0.25, 0.3) is 16.6 Å². The lowest BCUT2D eigenvalue weighted by atomic mass is 10.1. The lowest BCUT2D eigenvalue weighted by Crippen LogP contribution is -2.45. The number of hydrogen-bond acceptors (Lipinski definition) is 4. The fourth-order valence-electron chi connectivity index (χ4n) is 4.29. The summed E-state index contributed by atoms with van der Waals surface area (Å²) in [5.41, 5.74) is 0.107. The maximum atomic E-state index is 13.7. The SMILES string of the molecule is CCC(C(=O)N1CCCC1)n1c(=O)n(-c2cccc(C(C)=O)c2)c(=O)c2ccccc21. The number of carbonyl (C=O) groups is 2. The third kappa shape index (κ3) is 3.60. The minimum atomic E-state index is -0.710. The second-order valence-electron chi connectivity index (χ2n) is 7.87. The van der Waals surface area contributed by atoms with Crippen LogP contribution in [-0.4, -0.2) is 38.8 Å². The summed E-state index contributed by atoms with van der Waals surface area (Å²) in [4.78, 5) is 53.9.